The van der Waals surface area contributed by atoms with Crippen LogP contribution in [0, 0.1) is 5.92 Å². The number of ether oxygens (including phenoxy) is 1. The van der Waals surface area contributed by atoms with E-state index in [1.54, 1.807) is 7.11 Å². The minimum absolute atomic E-state index is 0.180. The third-order valence-corrected chi connectivity index (χ3v) is 4.83. The van der Waals surface area contributed by atoms with Crippen molar-refractivity contribution in [3.8, 4) is 0 Å². The van der Waals surface area contributed by atoms with Gasteiger partial charge < -0.3 is 9.64 Å². The molecule has 4 nitrogen and oxygen atoms in total. The van der Waals surface area contributed by atoms with Crippen molar-refractivity contribution in [2.75, 3.05) is 7.11 Å². The Morgan fingerprint density at radius 2 is 2.11 bits per heavy atom. The summed E-state index contributed by atoms with van der Waals surface area (Å²) in [5.41, 5.74) is -0.180. The Kier molecular flexibility index (Phi) is 2.90. The molecule has 0 radical (unpaired) electrons. The molecule has 3 rings (SSSR count). The van der Waals surface area contributed by atoms with Gasteiger partial charge in [0.05, 0.1) is 17.8 Å². The number of nitrogens with zero attached hydrogens (tertiary/aromatic N) is 1. The Labute approximate surface area is 109 Å². The number of carbonyl (C=O) groups is 1. The van der Waals surface area contributed by atoms with Crippen molar-refractivity contribution in [2.45, 2.75) is 69.8 Å². The van der Waals surface area contributed by atoms with E-state index < -0.39 is 0 Å². The van der Waals surface area contributed by atoms with E-state index in [1.165, 1.54) is 0 Å². The highest BCUT2D eigenvalue weighted by Crippen LogP contribution is 2.45. The lowest BCUT2D eigenvalue weighted by atomic mass is 10.1. The standard InChI is InChI=1S/C14H24N2O2/c1-9(2)12-15-14(6-7-14)13(17)16(12)10-4-5-11(8-10)18-3/h9-12,15H,4-8H2,1-3H3. The van der Waals surface area contributed by atoms with Gasteiger partial charge in [-0.2, -0.15) is 0 Å². The SMILES string of the molecule is COC1CCC(N2C(=O)C3(CC3)NC2C(C)C)C1. The molecule has 0 aromatic heterocycles. The Balaban J connectivity index is 1.78. The molecule has 0 bridgehead atoms. The summed E-state index contributed by atoms with van der Waals surface area (Å²) in [6.45, 7) is 4.39. The fourth-order valence-electron chi connectivity index (χ4n) is 3.54. The summed E-state index contributed by atoms with van der Waals surface area (Å²) in [5, 5.41) is 3.59. The number of hydrogen-bond acceptors (Lipinski definition) is 3. The molecule has 0 aromatic carbocycles. The van der Waals surface area contributed by atoms with Crippen molar-refractivity contribution in [2.24, 2.45) is 5.92 Å². The number of hydrogen-bond donors (Lipinski definition) is 1. The van der Waals surface area contributed by atoms with E-state index in [9.17, 15) is 4.79 Å². The van der Waals surface area contributed by atoms with Crippen molar-refractivity contribution >= 4 is 5.91 Å². The molecule has 1 amide bonds. The fraction of sp³-hybridized carbons (Fsp3) is 0.929. The van der Waals surface area contributed by atoms with Gasteiger partial charge in [-0.15, -0.1) is 0 Å². The van der Waals surface area contributed by atoms with Crippen LogP contribution in [0.1, 0.15) is 46.0 Å². The molecular weight excluding hydrogens is 228 g/mol. The van der Waals surface area contributed by atoms with E-state index in [2.05, 4.69) is 24.1 Å². The third kappa shape index (κ3) is 1.77. The second-order valence-corrected chi connectivity index (χ2v) is 6.45. The van der Waals surface area contributed by atoms with Gasteiger partial charge in [-0.25, -0.2) is 0 Å². The van der Waals surface area contributed by atoms with Crippen molar-refractivity contribution in [3.05, 3.63) is 0 Å². The van der Waals surface area contributed by atoms with Gasteiger partial charge in [0.2, 0.25) is 5.91 Å². The predicted molar refractivity (Wildman–Crippen MR) is 69.0 cm³/mol. The van der Waals surface area contributed by atoms with Gasteiger partial charge in [-0.1, -0.05) is 13.8 Å². The van der Waals surface area contributed by atoms with E-state index in [1.807, 2.05) is 0 Å². The highest BCUT2D eigenvalue weighted by molar-refractivity contribution is 5.92. The molecule has 3 aliphatic rings. The first-order chi connectivity index (χ1) is 8.57. The van der Waals surface area contributed by atoms with Crippen LogP contribution in [0.4, 0.5) is 0 Å². The maximum Gasteiger partial charge on any atom is 0.244 e. The van der Waals surface area contributed by atoms with Crippen LogP contribution in [0.3, 0.4) is 0 Å². The quantitative estimate of drug-likeness (QED) is 0.827. The fourth-order valence-corrected chi connectivity index (χ4v) is 3.54. The summed E-state index contributed by atoms with van der Waals surface area (Å²) in [4.78, 5) is 14.8. The molecular formula is C14H24N2O2. The minimum atomic E-state index is -0.180. The first-order valence-corrected chi connectivity index (χ1v) is 7.20. The lowest BCUT2D eigenvalue weighted by Gasteiger charge is -2.32. The Hall–Kier alpha value is -0.610. The molecule has 3 unspecified atom stereocenters. The zero-order valence-corrected chi connectivity index (χ0v) is 11.6. The average molecular weight is 252 g/mol. The van der Waals surface area contributed by atoms with Crippen molar-refractivity contribution in [1.82, 2.24) is 10.2 Å². The van der Waals surface area contributed by atoms with Crippen LogP contribution in [0.2, 0.25) is 0 Å². The molecule has 2 aliphatic carbocycles. The minimum Gasteiger partial charge on any atom is -0.381 e. The van der Waals surface area contributed by atoms with Gasteiger partial charge in [0, 0.05) is 13.2 Å². The van der Waals surface area contributed by atoms with Crippen LogP contribution in [0.5, 0.6) is 0 Å². The number of methoxy groups -OCH3 is 1. The zero-order chi connectivity index (χ0) is 12.9. The molecule has 1 spiro atoms. The van der Waals surface area contributed by atoms with Crippen LogP contribution < -0.4 is 5.32 Å². The van der Waals surface area contributed by atoms with Crippen molar-refractivity contribution in [3.63, 3.8) is 0 Å². The van der Waals surface area contributed by atoms with E-state index in [0.29, 0.717) is 24.0 Å². The molecule has 1 heterocycles. The monoisotopic (exact) mass is 252 g/mol. The van der Waals surface area contributed by atoms with Gasteiger partial charge >= 0.3 is 0 Å². The van der Waals surface area contributed by atoms with Crippen molar-refractivity contribution in [1.29, 1.82) is 0 Å². The van der Waals surface area contributed by atoms with E-state index in [4.69, 9.17) is 4.74 Å². The number of carbonyl (C=O) groups excluding carboxylic acids is 1. The molecule has 1 aliphatic heterocycles. The molecule has 2 saturated carbocycles. The molecule has 1 N–H and O–H groups in total. The van der Waals surface area contributed by atoms with Crippen LogP contribution in [-0.4, -0.2) is 41.8 Å². The second-order valence-electron chi connectivity index (χ2n) is 6.45. The molecule has 0 aromatic rings. The molecule has 4 heteroatoms. The Bertz CT molecular complexity index is 352. The number of nitrogens with one attached hydrogen (secondary N) is 1. The third-order valence-electron chi connectivity index (χ3n) is 4.83. The maximum absolute atomic E-state index is 12.6. The van der Waals surface area contributed by atoms with Gasteiger partial charge in [-0.05, 0) is 38.0 Å². The summed E-state index contributed by atoms with van der Waals surface area (Å²) < 4.78 is 5.44. The summed E-state index contributed by atoms with van der Waals surface area (Å²) >= 11 is 0. The van der Waals surface area contributed by atoms with Crippen molar-refractivity contribution < 1.29 is 9.53 Å². The average Bonchev–Trinajstić information content (AvgIpc) is 2.86. The summed E-state index contributed by atoms with van der Waals surface area (Å²) in [6.07, 6.45) is 5.78. The zero-order valence-electron chi connectivity index (χ0n) is 11.6. The number of amides is 1. The Morgan fingerprint density at radius 3 is 2.61 bits per heavy atom. The summed E-state index contributed by atoms with van der Waals surface area (Å²) in [6, 6.07) is 0.377. The maximum atomic E-state index is 12.6. The largest absolute Gasteiger partial charge is 0.381 e. The first kappa shape index (κ1) is 12.4. The topological polar surface area (TPSA) is 41.6 Å². The predicted octanol–water partition coefficient (Wildman–Crippen LogP) is 1.50. The second kappa shape index (κ2) is 4.20. The lowest BCUT2D eigenvalue weighted by Crippen LogP contribution is -2.46. The number of rotatable bonds is 3. The lowest BCUT2D eigenvalue weighted by molar-refractivity contribution is -0.133. The van der Waals surface area contributed by atoms with Crippen LogP contribution in [0.25, 0.3) is 0 Å². The van der Waals surface area contributed by atoms with Gasteiger partial charge in [0.25, 0.3) is 0 Å². The van der Waals surface area contributed by atoms with Gasteiger partial charge in [-0.3, -0.25) is 10.1 Å². The molecule has 3 fully saturated rings. The summed E-state index contributed by atoms with van der Waals surface area (Å²) in [7, 11) is 1.78. The Morgan fingerprint density at radius 1 is 1.39 bits per heavy atom. The molecule has 102 valence electrons. The highest BCUT2D eigenvalue weighted by Gasteiger charge is 2.61. The molecule has 1 saturated heterocycles. The first-order valence-electron chi connectivity index (χ1n) is 7.20. The molecule has 18 heavy (non-hydrogen) atoms. The van der Waals surface area contributed by atoms with Crippen LogP contribution in [-0.2, 0) is 9.53 Å². The van der Waals surface area contributed by atoms with Crippen LogP contribution >= 0.6 is 0 Å². The smallest absolute Gasteiger partial charge is 0.244 e. The van der Waals surface area contributed by atoms with E-state index in [0.717, 1.165) is 32.1 Å². The van der Waals surface area contributed by atoms with E-state index >= 15 is 0 Å². The van der Waals surface area contributed by atoms with Gasteiger partial charge in [0.1, 0.15) is 0 Å². The van der Waals surface area contributed by atoms with Crippen LogP contribution in [0.15, 0.2) is 0 Å². The highest BCUT2D eigenvalue weighted by atomic mass is 16.5. The van der Waals surface area contributed by atoms with E-state index in [-0.39, 0.29) is 11.7 Å². The molecule has 3 atom stereocenters. The normalized spacial score (nSPS) is 38.1. The summed E-state index contributed by atoms with van der Waals surface area (Å²) in [5.74, 6) is 0.818. The van der Waals surface area contributed by atoms with Gasteiger partial charge in [0.15, 0.2) is 0 Å².